The molecule has 0 aliphatic carbocycles. The van der Waals surface area contributed by atoms with E-state index in [-0.39, 0.29) is 0 Å². The Morgan fingerprint density at radius 3 is 3.36 bits per heavy atom. The van der Waals surface area contributed by atoms with Crippen LogP contribution in [-0.2, 0) is 0 Å². The average Bonchev–Trinajstić information content (AvgIpc) is 2.66. The molecule has 0 radical (unpaired) electrons. The third-order valence-electron chi connectivity index (χ3n) is 3.30. The van der Waals surface area contributed by atoms with Gasteiger partial charge in [-0.1, -0.05) is 0 Å². The van der Waals surface area contributed by atoms with Gasteiger partial charge in [0.15, 0.2) is 5.82 Å². The van der Waals surface area contributed by atoms with Crippen LogP contribution in [0.5, 0.6) is 0 Å². The largest absolute Gasteiger partial charge is 0.364 e. The maximum Gasteiger partial charge on any atom is 0.151 e. The van der Waals surface area contributed by atoms with Gasteiger partial charge in [0.1, 0.15) is 0 Å². The lowest BCUT2D eigenvalue weighted by Crippen LogP contribution is -2.44. The molecule has 0 spiro atoms. The van der Waals surface area contributed by atoms with E-state index in [0.29, 0.717) is 0 Å². The van der Waals surface area contributed by atoms with Gasteiger partial charge in [-0.3, -0.25) is 0 Å². The number of pyridine rings is 1. The Bertz CT molecular complexity index is 350. The van der Waals surface area contributed by atoms with Crippen molar-refractivity contribution in [2.75, 3.05) is 29.9 Å². The summed E-state index contributed by atoms with van der Waals surface area (Å²) in [7, 11) is 2.14. The molecule has 3 nitrogen and oxygen atoms in total. The van der Waals surface area contributed by atoms with Crippen molar-refractivity contribution in [3.05, 3.63) is 18.3 Å². The monoisotopic (exact) mass is 189 g/mol. The highest BCUT2D eigenvalue weighted by Crippen LogP contribution is 2.36. The van der Waals surface area contributed by atoms with Crippen molar-refractivity contribution < 1.29 is 0 Å². The first kappa shape index (κ1) is 8.09. The van der Waals surface area contributed by atoms with E-state index >= 15 is 0 Å². The van der Waals surface area contributed by atoms with Gasteiger partial charge >= 0.3 is 0 Å². The number of anilines is 2. The van der Waals surface area contributed by atoms with Crippen LogP contribution >= 0.6 is 0 Å². The molecule has 3 rings (SSSR count). The lowest BCUT2D eigenvalue weighted by molar-refractivity contribution is 0.628. The van der Waals surface area contributed by atoms with Crippen molar-refractivity contribution >= 4 is 11.5 Å². The number of hydrogen-bond donors (Lipinski definition) is 0. The van der Waals surface area contributed by atoms with Crippen LogP contribution in [0.1, 0.15) is 12.8 Å². The molecule has 0 amide bonds. The zero-order chi connectivity index (χ0) is 9.54. The summed E-state index contributed by atoms with van der Waals surface area (Å²) in [6.45, 7) is 2.33. The molecular weight excluding hydrogens is 174 g/mol. The van der Waals surface area contributed by atoms with Crippen molar-refractivity contribution in [3.8, 4) is 0 Å². The molecule has 14 heavy (non-hydrogen) atoms. The van der Waals surface area contributed by atoms with E-state index < -0.39 is 0 Å². The Balaban J connectivity index is 2.09. The third-order valence-corrected chi connectivity index (χ3v) is 3.30. The Morgan fingerprint density at radius 1 is 1.50 bits per heavy atom. The fourth-order valence-corrected chi connectivity index (χ4v) is 2.65. The van der Waals surface area contributed by atoms with E-state index in [9.17, 15) is 0 Å². The normalized spacial score (nSPS) is 24.8. The van der Waals surface area contributed by atoms with Crippen LogP contribution in [0.25, 0.3) is 0 Å². The first-order chi connectivity index (χ1) is 6.86. The molecule has 0 bridgehead atoms. The van der Waals surface area contributed by atoms with E-state index in [4.69, 9.17) is 0 Å². The topological polar surface area (TPSA) is 19.4 Å². The lowest BCUT2D eigenvalue weighted by atomic mass is 10.1. The van der Waals surface area contributed by atoms with Crippen LogP contribution in [0.3, 0.4) is 0 Å². The van der Waals surface area contributed by atoms with Crippen molar-refractivity contribution in [2.45, 2.75) is 18.9 Å². The molecule has 2 aliphatic rings. The summed E-state index contributed by atoms with van der Waals surface area (Å²) in [6.07, 6.45) is 4.54. The van der Waals surface area contributed by atoms with E-state index in [2.05, 4.69) is 27.9 Å². The fourth-order valence-electron chi connectivity index (χ4n) is 2.65. The molecular formula is C11H15N3. The van der Waals surface area contributed by atoms with Gasteiger partial charge in [0, 0.05) is 32.4 Å². The smallest absolute Gasteiger partial charge is 0.151 e. The first-order valence-corrected chi connectivity index (χ1v) is 5.29. The molecule has 1 atom stereocenters. The molecule has 1 aromatic rings. The Kier molecular flexibility index (Phi) is 1.66. The predicted molar refractivity (Wildman–Crippen MR) is 57.9 cm³/mol. The number of rotatable bonds is 0. The van der Waals surface area contributed by atoms with Gasteiger partial charge in [-0.05, 0) is 25.0 Å². The minimum atomic E-state index is 0.719. The van der Waals surface area contributed by atoms with E-state index in [1.807, 2.05) is 12.3 Å². The average molecular weight is 189 g/mol. The van der Waals surface area contributed by atoms with Crippen LogP contribution in [0.15, 0.2) is 18.3 Å². The standard InChI is InChI=1S/C11H15N3/c1-13-8-9-4-3-7-14(9)10-5-2-6-12-11(10)13/h2,5-6,9H,3-4,7-8H2,1H3/t9-/m0/s1. The van der Waals surface area contributed by atoms with Gasteiger partial charge in [-0.2, -0.15) is 0 Å². The highest BCUT2D eigenvalue weighted by atomic mass is 15.3. The van der Waals surface area contributed by atoms with Crippen LogP contribution in [-0.4, -0.2) is 31.2 Å². The minimum Gasteiger partial charge on any atom is -0.364 e. The van der Waals surface area contributed by atoms with Crippen LogP contribution in [0.2, 0.25) is 0 Å². The van der Waals surface area contributed by atoms with Crippen LogP contribution in [0.4, 0.5) is 11.5 Å². The number of aromatic nitrogens is 1. The van der Waals surface area contributed by atoms with Crippen molar-refractivity contribution in [3.63, 3.8) is 0 Å². The van der Waals surface area contributed by atoms with Gasteiger partial charge in [-0.25, -0.2) is 4.98 Å². The molecule has 0 aromatic carbocycles. The fraction of sp³-hybridized carbons (Fsp3) is 0.545. The maximum absolute atomic E-state index is 4.44. The summed E-state index contributed by atoms with van der Waals surface area (Å²) < 4.78 is 0. The van der Waals surface area contributed by atoms with Gasteiger partial charge in [-0.15, -0.1) is 0 Å². The summed E-state index contributed by atoms with van der Waals surface area (Å²) in [5.74, 6) is 1.14. The van der Waals surface area contributed by atoms with E-state index in [0.717, 1.165) is 18.4 Å². The summed E-state index contributed by atoms with van der Waals surface area (Å²) >= 11 is 0. The quantitative estimate of drug-likeness (QED) is 0.616. The molecule has 1 aromatic heterocycles. The Hall–Kier alpha value is -1.25. The predicted octanol–water partition coefficient (Wildman–Crippen LogP) is 1.50. The number of nitrogens with zero attached hydrogens (tertiary/aromatic N) is 3. The molecule has 3 heterocycles. The molecule has 3 heteroatoms. The molecule has 0 N–H and O–H groups in total. The van der Waals surface area contributed by atoms with Gasteiger partial charge in [0.2, 0.25) is 0 Å². The molecule has 2 aliphatic heterocycles. The minimum absolute atomic E-state index is 0.719. The van der Waals surface area contributed by atoms with Gasteiger partial charge < -0.3 is 9.80 Å². The first-order valence-electron chi connectivity index (χ1n) is 5.29. The second-order valence-corrected chi connectivity index (χ2v) is 4.22. The zero-order valence-electron chi connectivity index (χ0n) is 8.48. The number of likely N-dealkylation sites (N-methyl/N-ethyl adjacent to an activating group) is 1. The Labute approximate surface area is 84.3 Å². The summed E-state index contributed by atoms with van der Waals surface area (Å²) in [5.41, 5.74) is 1.32. The molecule has 1 fully saturated rings. The second-order valence-electron chi connectivity index (χ2n) is 4.22. The summed E-state index contributed by atoms with van der Waals surface area (Å²) in [6, 6.07) is 4.95. The summed E-state index contributed by atoms with van der Waals surface area (Å²) in [4.78, 5) is 9.24. The third kappa shape index (κ3) is 1.01. The van der Waals surface area contributed by atoms with Gasteiger partial charge in [0.05, 0.1) is 5.69 Å². The zero-order valence-corrected chi connectivity index (χ0v) is 8.48. The molecule has 1 saturated heterocycles. The van der Waals surface area contributed by atoms with Crippen LogP contribution in [0, 0.1) is 0 Å². The van der Waals surface area contributed by atoms with E-state index in [1.54, 1.807) is 0 Å². The van der Waals surface area contributed by atoms with Crippen molar-refractivity contribution in [1.29, 1.82) is 0 Å². The highest BCUT2D eigenvalue weighted by molar-refractivity contribution is 5.70. The van der Waals surface area contributed by atoms with Crippen molar-refractivity contribution in [2.24, 2.45) is 0 Å². The van der Waals surface area contributed by atoms with Crippen LogP contribution < -0.4 is 9.80 Å². The molecule has 74 valence electrons. The second kappa shape index (κ2) is 2.87. The Morgan fingerprint density at radius 2 is 2.43 bits per heavy atom. The van der Waals surface area contributed by atoms with Crippen molar-refractivity contribution in [1.82, 2.24) is 4.98 Å². The summed E-state index contributed by atoms with van der Waals surface area (Å²) in [5, 5.41) is 0. The highest BCUT2D eigenvalue weighted by Gasteiger charge is 2.32. The van der Waals surface area contributed by atoms with Gasteiger partial charge in [0.25, 0.3) is 0 Å². The lowest BCUT2D eigenvalue weighted by Gasteiger charge is -2.38. The number of hydrogen-bond acceptors (Lipinski definition) is 3. The molecule has 0 unspecified atom stereocenters. The van der Waals surface area contributed by atoms with E-state index in [1.165, 1.54) is 25.1 Å². The molecule has 0 saturated carbocycles. The maximum atomic E-state index is 4.44. The number of fused-ring (bicyclic) bond motifs is 3. The SMILES string of the molecule is CN1C[C@@H]2CCCN2c2cccnc21.